The van der Waals surface area contributed by atoms with E-state index in [-0.39, 0.29) is 5.69 Å². The molecule has 0 aromatic carbocycles. The second-order valence-corrected chi connectivity index (χ2v) is 10.1. The molecule has 3 aromatic heterocycles. The molecule has 0 amide bonds. The normalized spacial score (nSPS) is 19.7. The van der Waals surface area contributed by atoms with E-state index in [1.807, 2.05) is 25.2 Å². The van der Waals surface area contributed by atoms with Gasteiger partial charge in [0.05, 0.1) is 35.3 Å². The van der Waals surface area contributed by atoms with Crippen molar-refractivity contribution in [3.8, 4) is 6.07 Å². The molecule has 6 rings (SSSR count). The smallest absolute Gasteiger partial charge is 0.351 e. The lowest BCUT2D eigenvalue weighted by Crippen LogP contribution is -2.32. The van der Waals surface area contributed by atoms with Crippen LogP contribution in [0.25, 0.3) is 5.78 Å². The average Bonchev–Trinajstić information content (AvgIpc) is 3.66. The van der Waals surface area contributed by atoms with Crippen LogP contribution < -0.4 is 10.6 Å². The number of nitrogens with zero attached hydrogens (tertiary/aromatic N) is 7. The molecule has 0 bridgehead atoms. The topological polar surface area (TPSA) is 92.1 Å². The van der Waals surface area contributed by atoms with Crippen LogP contribution in [0.2, 0.25) is 0 Å². The maximum atomic E-state index is 12.9. The first-order chi connectivity index (χ1) is 14.5. The number of hydrogen-bond donors (Lipinski definition) is 0. The van der Waals surface area contributed by atoms with E-state index in [4.69, 9.17) is 9.97 Å². The van der Waals surface area contributed by atoms with Crippen LogP contribution in [-0.4, -0.2) is 30.7 Å². The van der Waals surface area contributed by atoms with Gasteiger partial charge in [-0.15, -0.1) is 16.4 Å². The molecule has 0 radical (unpaired) electrons. The highest BCUT2D eigenvalue weighted by Crippen LogP contribution is 2.46. The SMILES string of the molecule is Cc1c(N2CCc3nc(C4CC4)sc3C2)nc2nn(CC3(C#N)CC3)c(=O)n2c1C. The Kier molecular flexibility index (Phi) is 3.70. The molecule has 0 unspecified atom stereocenters. The van der Waals surface area contributed by atoms with Gasteiger partial charge in [0, 0.05) is 35.0 Å². The summed E-state index contributed by atoms with van der Waals surface area (Å²) in [5.41, 5.74) is 2.48. The molecule has 4 heterocycles. The zero-order valence-corrected chi connectivity index (χ0v) is 18.0. The molecule has 154 valence electrons. The maximum absolute atomic E-state index is 12.9. The molecule has 8 nitrogen and oxygen atoms in total. The van der Waals surface area contributed by atoms with Gasteiger partial charge in [0.15, 0.2) is 0 Å². The molecule has 0 saturated heterocycles. The second kappa shape index (κ2) is 6.14. The Bertz CT molecular complexity index is 1290. The molecule has 0 spiro atoms. The van der Waals surface area contributed by atoms with Gasteiger partial charge in [-0.05, 0) is 39.5 Å². The minimum atomic E-state index is -0.428. The van der Waals surface area contributed by atoms with Crippen molar-refractivity contribution in [1.82, 2.24) is 24.1 Å². The fourth-order valence-electron chi connectivity index (χ4n) is 4.33. The third-order valence-corrected chi connectivity index (χ3v) is 8.00. The summed E-state index contributed by atoms with van der Waals surface area (Å²) >= 11 is 1.85. The Morgan fingerprint density at radius 2 is 2.07 bits per heavy atom. The number of fused-ring (bicyclic) bond motifs is 2. The molecule has 0 N–H and O–H groups in total. The van der Waals surface area contributed by atoms with E-state index < -0.39 is 5.41 Å². The summed E-state index contributed by atoms with van der Waals surface area (Å²) < 4.78 is 3.01. The van der Waals surface area contributed by atoms with Gasteiger partial charge in [0.2, 0.25) is 0 Å². The minimum absolute atomic E-state index is 0.205. The van der Waals surface area contributed by atoms with Crippen LogP contribution >= 0.6 is 11.3 Å². The van der Waals surface area contributed by atoms with Crippen LogP contribution in [0.5, 0.6) is 0 Å². The quantitative estimate of drug-likeness (QED) is 0.643. The molecule has 3 aliphatic rings. The van der Waals surface area contributed by atoms with Gasteiger partial charge < -0.3 is 4.90 Å². The summed E-state index contributed by atoms with van der Waals surface area (Å²) in [4.78, 5) is 26.3. The van der Waals surface area contributed by atoms with Gasteiger partial charge in [-0.2, -0.15) is 10.2 Å². The highest BCUT2D eigenvalue weighted by atomic mass is 32.1. The fraction of sp³-hybridized carbons (Fsp3) is 0.571. The molecule has 0 atom stereocenters. The number of thiazole rings is 1. The van der Waals surface area contributed by atoms with Crippen LogP contribution in [0.3, 0.4) is 0 Å². The van der Waals surface area contributed by atoms with Crippen LogP contribution in [-0.2, 0) is 19.5 Å². The van der Waals surface area contributed by atoms with Gasteiger partial charge >= 0.3 is 5.69 Å². The summed E-state index contributed by atoms with van der Waals surface area (Å²) in [6.45, 7) is 6.00. The minimum Gasteiger partial charge on any atom is -0.351 e. The molecule has 9 heteroatoms. The van der Waals surface area contributed by atoms with Gasteiger partial charge in [0.25, 0.3) is 5.78 Å². The third-order valence-electron chi connectivity index (χ3n) is 6.76. The Balaban J connectivity index is 1.37. The highest BCUT2D eigenvalue weighted by molar-refractivity contribution is 7.11. The number of aryl methyl sites for hydroxylation is 1. The predicted molar refractivity (Wildman–Crippen MR) is 113 cm³/mol. The zero-order chi connectivity index (χ0) is 20.6. The lowest BCUT2D eigenvalue weighted by molar-refractivity contribution is 0.472. The standard InChI is InChI=1S/C21H23N7OS/c1-12-13(2)28-19(25-27(20(28)29)11-21(10-22)6-7-21)24-17(12)26-8-5-15-16(9-26)30-18(23-15)14-3-4-14/h14H,3-9,11H2,1-2H3. The molecule has 2 saturated carbocycles. The van der Waals surface area contributed by atoms with E-state index in [0.717, 1.165) is 49.4 Å². The first-order valence-electron chi connectivity index (χ1n) is 10.6. The molecular weight excluding hydrogens is 398 g/mol. The Morgan fingerprint density at radius 3 is 2.77 bits per heavy atom. The number of rotatable bonds is 4. The van der Waals surface area contributed by atoms with Crippen molar-refractivity contribution >= 4 is 22.9 Å². The lowest BCUT2D eigenvalue weighted by Gasteiger charge is -2.28. The lowest BCUT2D eigenvalue weighted by atomic mass is 10.1. The van der Waals surface area contributed by atoms with Crippen LogP contribution in [0, 0.1) is 30.6 Å². The zero-order valence-electron chi connectivity index (χ0n) is 17.2. The van der Waals surface area contributed by atoms with Crippen LogP contribution in [0.15, 0.2) is 4.79 Å². The van der Waals surface area contributed by atoms with E-state index in [1.165, 1.54) is 33.1 Å². The van der Waals surface area contributed by atoms with Crippen molar-refractivity contribution in [2.24, 2.45) is 5.41 Å². The van der Waals surface area contributed by atoms with Crippen molar-refractivity contribution < 1.29 is 0 Å². The number of anilines is 1. The van der Waals surface area contributed by atoms with E-state index in [1.54, 1.807) is 4.40 Å². The van der Waals surface area contributed by atoms with Crippen molar-refractivity contribution in [1.29, 1.82) is 5.26 Å². The van der Waals surface area contributed by atoms with Gasteiger partial charge in [-0.3, -0.25) is 0 Å². The Hall–Kier alpha value is -2.73. The first-order valence-corrected chi connectivity index (χ1v) is 11.4. The number of aromatic nitrogens is 5. The van der Waals surface area contributed by atoms with E-state index in [9.17, 15) is 10.1 Å². The summed E-state index contributed by atoms with van der Waals surface area (Å²) in [6.07, 6.45) is 5.13. The van der Waals surface area contributed by atoms with Crippen molar-refractivity contribution in [3.63, 3.8) is 0 Å². The van der Waals surface area contributed by atoms with Crippen LogP contribution in [0.1, 0.15) is 58.4 Å². The Morgan fingerprint density at radius 1 is 1.27 bits per heavy atom. The monoisotopic (exact) mass is 421 g/mol. The van der Waals surface area contributed by atoms with Gasteiger partial charge in [0.1, 0.15) is 5.82 Å². The number of nitriles is 1. The summed E-state index contributed by atoms with van der Waals surface area (Å²) in [5, 5.41) is 15.2. The largest absolute Gasteiger partial charge is 0.351 e. The van der Waals surface area contributed by atoms with E-state index in [0.29, 0.717) is 18.2 Å². The molecule has 3 aromatic rings. The van der Waals surface area contributed by atoms with Crippen molar-refractivity contribution in [3.05, 3.63) is 37.3 Å². The second-order valence-electron chi connectivity index (χ2n) is 8.98. The third kappa shape index (κ3) is 2.70. The molecular formula is C21H23N7OS. The van der Waals surface area contributed by atoms with Crippen molar-refractivity contribution in [2.45, 2.75) is 65.0 Å². The first kappa shape index (κ1) is 18.1. The molecule has 1 aliphatic heterocycles. The highest BCUT2D eigenvalue weighted by Gasteiger charge is 2.44. The van der Waals surface area contributed by atoms with E-state index >= 15 is 0 Å². The maximum Gasteiger partial charge on any atom is 0.351 e. The van der Waals surface area contributed by atoms with Crippen molar-refractivity contribution in [2.75, 3.05) is 11.4 Å². The predicted octanol–water partition coefficient (Wildman–Crippen LogP) is 2.71. The average molecular weight is 422 g/mol. The molecule has 30 heavy (non-hydrogen) atoms. The van der Waals surface area contributed by atoms with Gasteiger partial charge in [-0.1, -0.05) is 0 Å². The number of hydrogen-bond acceptors (Lipinski definition) is 7. The Labute approximate surface area is 177 Å². The molecule has 2 aliphatic carbocycles. The summed E-state index contributed by atoms with van der Waals surface area (Å²) in [6, 6.07) is 2.34. The van der Waals surface area contributed by atoms with Gasteiger partial charge in [-0.25, -0.2) is 18.9 Å². The summed E-state index contributed by atoms with van der Waals surface area (Å²) in [7, 11) is 0. The molecule has 2 fully saturated rings. The van der Waals surface area contributed by atoms with Crippen LogP contribution in [0.4, 0.5) is 5.82 Å². The fourth-order valence-corrected chi connectivity index (χ4v) is 5.62. The van der Waals surface area contributed by atoms with E-state index in [2.05, 4.69) is 16.1 Å². The summed E-state index contributed by atoms with van der Waals surface area (Å²) in [5.74, 6) is 2.00.